The van der Waals surface area contributed by atoms with Crippen LogP contribution in [0.15, 0.2) is 6.20 Å². The number of thiazole rings is 1. The third-order valence-electron chi connectivity index (χ3n) is 3.63. The number of hydrogen-bond acceptors (Lipinski definition) is 4. The molecule has 0 unspecified atom stereocenters. The summed E-state index contributed by atoms with van der Waals surface area (Å²) in [6.45, 7) is 9.14. The van der Waals surface area contributed by atoms with Crippen LogP contribution in [0.3, 0.4) is 0 Å². The molecular weight excluding hydrogens is 258 g/mol. The second-order valence-corrected chi connectivity index (χ2v) is 6.72. The second-order valence-electron chi connectivity index (χ2n) is 5.49. The molecule has 1 aliphatic heterocycles. The van der Waals surface area contributed by atoms with E-state index in [1.165, 1.54) is 11.3 Å². The minimum atomic E-state index is 0.138. The maximum atomic E-state index is 12.6. The first-order valence-electron chi connectivity index (χ1n) is 7.02. The van der Waals surface area contributed by atoms with Gasteiger partial charge in [0.2, 0.25) is 0 Å². The van der Waals surface area contributed by atoms with Crippen LogP contribution in [0.25, 0.3) is 0 Å². The van der Waals surface area contributed by atoms with E-state index >= 15 is 0 Å². The Labute approximate surface area is 119 Å². The predicted molar refractivity (Wildman–Crippen MR) is 78.6 cm³/mol. The van der Waals surface area contributed by atoms with Gasteiger partial charge >= 0.3 is 0 Å². The lowest BCUT2D eigenvalue weighted by Crippen LogP contribution is -2.42. The lowest BCUT2D eigenvalue weighted by Gasteiger charge is -2.32. The smallest absolute Gasteiger partial charge is 0.265 e. The van der Waals surface area contributed by atoms with Gasteiger partial charge in [0.05, 0.1) is 11.2 Å². The Morgan fingerprint density at radius 3 is 2.74 bits per heavy atom. The molecule has 0 radical (unpaired) electrons. The molecule has 2 heterocycles. The summed E-state index contributed by atoms with van der Waals surface area (Å²) in [6, 6.07) is 0.241. The number of piperidine rings is 1. The molecule has 1 N–H and O–H groups in total. The Kier molecular flexibility index (Phi) is 4.93. The van der Waals surface area contributed by atoms with Crippen LogP contribution in [0, 0.1) is 12.8 Å². The molecule has 0 spiro atoms. The normalized spacial score (nSPS) is 16.8. The zero-order chi connectivity index (χ0) is 13.8. The first kappa shape index (κ1) is 14.5. The third kappa shape index (κ3) is 3.76. The standard InChI is InChI=1S/C14H23N3OS/c1-10(2)17(9-12-4-6-15-7-5-12)14(18)13-8-16-11(3)19-13/h8,10,12,15H,4-7,9H2,1-3H3. The van der Waals surface area contributed by atoms with Crippen molar-refractivity contribution in [2.24, 2.45) is 5.92 Å². The molecule has 1 saturated heterocycles. The maximum Gasteiger partial charge on any atom is 0.265 e. The fraction of sp³-hybridized carbons (Fsp3) is 0.714. The van der Waals surface area contributed by atoms with Gasteiger partial charge in [-0.15, -0.1) is 11.3 Å². The number of carbonyl (C=O) groups is 1. The number of nitrogens with zero attached hydrogens (tertiary/aromatic N) is 2. The van der Waals surface area contributed by atoms with E-state index in [4.69, 9.17) is 0 Å². The quantitative estimate of drug-likeness (QED) is 0.921. The topological polar surface area (TPSA) is 45.2 Å². The van der Waals surface area contributed by atoms with Gasteiger partial charge in [0.25, 0.3) is 5.91 Å². The van der Waals surface area contributed by atoms with Gasteiger partial charge in [0.15, 0.2) is 0 Å². The molecule has 106 valence electrons. The molecule has 0 saturated carbocycles. The molecule has 4 nitrogen and oxygen atoms in total. The zero-order valence-corrected chi connectivity index (χ0v) is 12.8. The lowest BCUT2D eigenvalue weighted by molar-refractivity contribution is 0.0663. The van der Waals surface area contributed by atoms with E-state index in [9.17, 15) is 4.79 Å². The molecular formula is C14H23N3OS. The molecule has 1 aromatic heterocycles. The summed E-state index contributed by atoms with van der Waals surface area (Å²) in [7, 11) is 0. The van der Waals surface area contributed by atoms with Crippen LogP contribution in [-0.4, -0.2) is 41.5 Å². The van der Waals surface area contributed by atoms with E-state index in [-0.39, 0.29) is 11.9 Å². The average molecular weight is 281 g/mol. The molecule has 1 aromatic rings. The molecule has 0 atom stereocenters. The summed E-state index contributed by atoms with van der Waals surface area (Å²) >= 11 is 1.49. The first-order valence-corrected chi connectivity index (χ1v) is 7.83. The highest BCUT2D eigenvalue weighted by atomic mass is 32.1. The van der Waals surface area contributed by atoms with Crippen molar-refractivity contribution in [2.75, 3.05) is 19.6 Å². The largest absolute Gasteiger partial charge is 0.335 e. The molecule has 2 rings (SSSR count). The predicted octanol–water partition coefficient (Wildman–Crippen LogP) is 2.30. The summed E-state index contributed by atoms with van der Waals surface area (Å²) in [5, 5.41) is 4.32. The van der Waals surface area contributed by atoms with Gasteiger partial charge in [-0.2, -0.15) is 0 Å². The minimum Gasteiger partial charge on any atom is -0.335 e. The number of hydrogen-bond donors (Lipinski definition) is 1. The van der Waals surface area contributed by atoms with Gasteiger partial charge in [-0.05, 0) is 52.6 Å². The minimum absolute atomic E-state index is 0.138. The maximum absolute atomic E-state index is 12.6. The van der Waals surface area contributed by atoms with Gasteiger partial charge in [0.1, 0.15) is 4.88 Å². The summed E-state index contributed by atoms with van der Waals surface area (Å²) in [5.41, 5.74) is 0. The van der Waals surface area contributed by atoms with E-state index in [0.29, 0.717) is 5.92 Å². The number of aromatic nitrogens is 1. The SMILES string of the molecule is Cc1ncc(C(=O)N(CC2CCNCC2)C(C)C)s1. The Balaban J connectivity index is 2.04. The number of nitrogens with one attached hydrogen (secondary N) is 1. The Morgan fingerprint density at radius 1 is 1.53 bits per heavy atom. The molecule has 0 bridgehead atoms. The van der Waals surface area contributed by atoms with Crippen molar-refractivity contribution in [3.05, 3.63) is 16.1 Å². The highest BCUT2D eigenvalue weighted by molar-refractivity contribution is 7.13. The molecule has 5 heteroatoms. The number of amides is 1. The summed E-state index contributed by atoms with van der Waals surface area (Å²) in [4.78, 5) is 19.5. The van der Waals surface area contributed by atoms with Crippen LogP contribution >= 0.6 is 11.3 Å². The van der Waals surface area contributed by atoms with Crippen LogP contribution in [0.4, 0.5) is 0 Å². The fourth-order valence-corrected chi connectivity index (χ4v) is 3.21. The van der Waals surface area contributed by atoms with Gasteiger partial charge in [-0.3, -0.25) is 4.79 Å². The number of aryl methyl sites for hydroxylation is 1. The van der Waals surface area contributed by atoms with E-state index in [2.05, 4.69) is 24.1 Å². The average Bonchev–Trinajstić information content (AvgIpc) is 2.83. The third-order valence-corrected chi connectivity index (χ3v) is 4.53. The van der Waals surface area contributed by atoms with Crippen molar-refractivity contribution in [1.29, 1.82) is 0 Å². The Hall–Kier alpha value is -0.940. The second kappa shape index (κ2) is 6.48. The molecule has 1 fully saturated rings. The van der Waals surface area contributed by atoms with E-state index in [1.54, 1.807) is 6.20 Å². The van der Waals surface area contributed by atoms with Crippen LogP contribution < -0.4 is 5.32 Å². The Bertz CT molecular complexity index is 424. The van der Waals surface area contributed by atoms with Crippen molar-refractivity contribution < 1.29 is 4.79 Å². The molecule has 1 aliphatic rings. The van der Waals surface area contributed by atoms with Crippen LogP contribution in [0.5, 0.6) is 0 Å². The summed E-state index contributed by atoms with van der Waals surface area (Å²) in [5.74, 6) is 0.765. The van der Waals surface area contributed by atoms with Crippen molar-refractivity contribution in [2.45, 2.75) is 39.7 Å². The Morgan fingerprint density at radius 2 is 2.21 bits per heavy atom. The molecule has 0 aliphatic carbocycles. The highest BCUT2D eigenvalue weighted by Gasteiger charge is 2.24. The van der Waals surface area contributed by atoms with Crippen LogP contribution in [0.2, 0.25) is 0 Å². The number of rotatable bonds is 4. The molecule has 1 amide bonds. The molecule has 0 aromatic carbocycles. The van der Waals surface area contributed by atoms with Crippen molar-refractivity contribution in [3.8, 4) is 0 Å². The highest BCUT2D eigenvalue weighted by Crippen LogP contribution is 2.20. The van der Waals surface area contributed by atoms with Crippen LogP contribution in [0.1, 0.15) is 41.4 Å². The van der Waals surface area contributed by atoms with Crippen molar-refractivity contribution in [3.63, 3.8) is 0 Å². The van der Waals surface area contributed by atoms with Gasteiger partial charge in [-0.1, -0.05) is 0 Å². The molecule has 19 heavy (non-hydrogen) atoms. The van der Waals surface area contributed by atoms with Crippen molar-refractivity contribution in [1.82, 2.24) is 15.2 Å². The van der Waals surface area contributed by atoms with E-state index in [1.807, 2.05) is 11.8 Å². The monoisotopic (exact) mass is 281 g/mol. The number of carbonyl (C=O) groups excluding carboxylic acids is 1. The van der Waals surface area contributed by atoms with Gasteiger partial charge < -0.3 is 10.2 Å². The van der Waals surface area contributed by atoms with E-state index < -0.39 is 0 Å². The lowest BCUT2D eigenvalue weighted by atomic mass is 9.97. The zero-order valence-electron chi connectivity index (χ0n) is 12.0. The van der Waals surface area contributed by atoms with E-state index in [0.717, 1.165) is 42.4 Å². The fourth-order valence-electron chi connectivity index (χ4n) is 2.47. The van der Waals surface area contributed by atoms with Gasteiger partial charge in [0, 0.05) is 12.6 Å². The van der Waals surface area contributed by atoms with Crippen molar-refractivity contribution >= 4 is 17.2 Å². The van der Waals surface area contributed by atoms with Crippen LogP contribution in [-0.2, 0) is 0 Å². The first-order chi connectivity index (χ1) is 9.08. The van der Waals surface area contributed by atoms with Gasteiger partial charge in [-0.25, -0.2) is 4.98 Å². The summed E-state index contributed by atoms with van der Waals surface area (Å²) in [6.07, 6.45) is 4.04. The summed E-state index contributed by atoms with van der Waals surface area (Å²) < 4.78 is 0.